The van der Waals surface area contributed by atoms with Crippen LogP contribution in [0.1, 0.15) is 47.0 Å². The Morgan fingerprint density at radius 2 is 1.94 bits per heavy atom. The Morgan fingerprint density at radius 3 is 2.41 bits per heavy atom. The lowest BCUT2D eigenvalue weighted by Crippen LogP contribution is -2.36. The van der Waals surface area contributed by atoms with Gasteiger partial charge in [0.1, 0.15) is 0 Å². The lowest BCUT2D eigenvalue weighted by Gasteiger charge is -2.22. The van der Waals surface area contributed by atoms with Gasteiger partial charge in [-0.2, -0.15) is 4.31 Å². The average molecular weight is 261 g/mol. The van der Waals surface area contributed by atoms with E-state index < -0.39 is 14.8 Å². The predicted molar refractivity (Wildman–Crippen MR) is 67.4 cm³/mol. The summed E-state index contributed by atoms with van der Waals surface area (Å²) in [6.45, 7) is 7.33. The molecule has 2 unspecified atom stereocenters. The number of methoxy groups -OCH3 is 1. The third-order valence-electron chi connectivity index (χ3n) is 4.18. The predicted octanol–water partition coefficient (Wildman–Crippen LogP) is 1.76. The molecular weight excluding hydrogens is 238 g/mol. The molecule has 0 spiro atoms. The molecule has 0 radical (unpaired) electrons. The molecule has 1 saturated heterocycles. The highest BCUT2D eigenvalue weighted by molar-refractivity contribution is 7.90. The van der Waals surface area contributed by atoms with Crippen molar-refractivity contribution in [1.82, 2.24) is 4.31 Å². The van der Waals surface area contributed by atoms with E-state index in [2.05, 4.69) is 0 Å². The van der Waals surface area contributed by atoms with Crippen LogP contribution >= 0.6 is 0 Å². The van der Waals surface area contributed by atoms with Gasteiger partial charge in [-0.25, -0.2) is 8.42 Å². The zero-order valence-electron chi connectivity index (χ0n) is 11.4. The smallest absolute Gasteiger partial charge is 0.220 e. The first-order valence-electron chi connectivity index (χ1n) is 6.23. The summed E-state index contributed by atoms with van der Waals surface area (Å²) in [6.07, 6.45) is 3.02. The maximum Gasteiger partial charge on any atom is 0.220 e. The Kier molecular flexibility index (Phi) is 2.88. The fraction of sp³-hybridized carbons (Fsp3) is 1.00. The second kappa shape index (κ2) is 3.68. The van der Waals surface area contributed by atoms with E-state index in [1.54, 1.807) is 32.2 Å². The summed E-state index contributed by atoms with van der Waals surface area (Å²) in [6, 6.07) is 0.0467. The number of ether oxygens (including phenoxy) is 1. The van der Waals surface area contributed by atoms with Gasteiger partial charge in [0.05, 0.1) is 22.4 Å². The summed E-state index contributed by atoms with van der Waals surface area (Å²) in [5.74, 6) is 0. The van der Waals surface area contributed by atoms with Crippen molar-refractivity contribution in [3.8, 4) is 0 Å². The van der Waals surface area contributed by atoms with Gasteiger partial charge in [-0.3, -0.25) is 0 Å². The molecule has 0 amide bonds. The van der Waals surface area contributed by atoms with E-state index in [9.17, 15) is 8.42 Å². The highest BCUT2D eigenvalue weighted by atomic mass is 32.2. The van der Waals surface area contributed by atoms with Crippen LogP contribution in [0, 0.1) is 0 Å². The average Bonchev–Trinajstić information content (AvgIpc) is 2.82. The summed E-state index contributed by atoms with van der Waals surface area (Å²) >= 11 is 0. The van der Waals surface area contributed by atoms with Crippen molar-refractivity contribution in [2.75, 3.05) is 7.11 Å². The number of rotatable bonds is 2. The Morgan fingerprint density at radius 1 is 1.35 bits per heavy atom. The molecule has 17 heavy (non-hydrogen) atoms. The van der Waals surface area contributed by atoms with Crippen LogP contribution in [0.2, 0.25) is 0 Å². The first-order chi connectivity index (χ1) is 7.66. The van der Waals surface area contributed by atoms with Crippen molar-refractivity contribution in [2.45, 2.75) is 69.4 Å². The van der Waals surface area contributed by atoms with Crippen molar-refractivity contribution in [3.63, 3.8) is 0 Å². The van der Waals surface area contributed by atoms with Gasteiger partial charge in [0, 0.05) is 7.11 Å². The van der Waals surface area contributed by atoms with E-state index in [-0.39, 0.29) is 17.7 Å². The molecule has 0 aromatic heterocycles. The molecule has 2 rings (SSSR count). The zero-order valence-corrected chi connectivity index (χ0v) is 12.2. The molecule has 0 bridgehead atoms. The maximum atomic E-state index is 12.5. The number of sulfonamides is 1. The molecule has 0 N–H and O–H groups in total. The molecule has 1 aliphatic carbocycles. The zero-order chi connectivity index (χ0) is 13.1. The summed E-state index contributed by atoms with van der Waals surface area (Å²) in [5.41, 5.74) is -0.203. The minimum Gasteiger partial charge on any atom is -0.380 e. The Labute approximate surface area is 104 Å². The van der Waals surface area contributed by atoms with E-state index in [1.807, 2.05) is 6.92 Å². The molecule has 1 aliphatic heterocycles. The van der Waals surface area contributed by atoms with Gasteiger partial charge in [-0.15, -0.1) is 0 Å². The fourth-order valence-electron chi connectivity index (χ4n) is 3.02. The number of fused-ring (bicyclic) bond motifs is 1. The molecule has 0 aromatic carbocycles. The summed E-state index contributed by atoms with van der Waals surface area (Å²) in [5, 5.41) is 0. The highest BCUT2D eigenvalue weighted by Crippen LogP contribution is 2.55. The van der Waals surface area contributed by atoms with Crippen LogP contribution in [-0.2, 0) is 14.8 Å². The monoisotopic (exact) mass is 261 g/mol. The molecule has 5 heteroatoms. The Bertz CT molecular complexity index is 412. The van der Waals surface area contributed by atoms with Crippen molar-refractivity contribution in [1.29, 1.82) is 0 Å². The highest BCUT2D eigenvalue weighted by Gasteiger charge is 2.70. The van der Waals surface area contributed by atoms with Crippen LogP contribution in [-0.4, -0.2) is 42.3 Å². The molecule has 100 valence electrons. The number of nitrogens with zero attached hydrogens (tertiary/aromatic N) is 1. The van der Waals surface area contributed by atoms with E-state index in [1.165, 1.54) is 0 Å². The van der Waals surface area contributed by atoms with E-state index in [0.29, 0.717) is 0 Å². The molecule has 2 aliphatic rings. The second-order valence-electron chi connectivity index (χ2n) is 6.38. The van der Waals surface area contributed by atoms with Crippen molar-refractivity contribution >= 4 is 10.0 Å². The molecule has 1 heterocycles. The van der Waals surface area contributed by atoms with Crippen molar-refractivity contribution in [2.24, 2.45) is 0 Å². The summed E-state index contributed by atoms with van der Waals surface area (Å²) in [7, 11) is -1.56. The normalized spacial score (nSPS) is 42.1. The van der Waals surface area contributed by atoms with Crippen LogP contribution in [0.25, 0.3) is 0 Å². The molecule has 1 saturated carbocycles. The minimum atomic E-state index is -3.23. The molecule has 2 fully saturated rings. The molecular formula is C12H23NO3S. The van der Waals surface area contributed by atoms with Crippen LogP contribution in [0.5, 0.6) is 0 Å². The first kappa shape index (κ1) is 13.3. The van der Waals surface area contributed by atoms with Gasteiger partial charge in [-0.1, -0.05) is 0 Å². The molecule has 4 atom stereocenters. The van der Waals surface area contributed by atoms with E-state index >= 15 is 0 Å². The van der Waals surface area contributed by atoms with Gasteiger partial charge >= 0.3 is 0 Å². The third kappa shape index (κ3) is 1.74. The lowest BCUT2D eigenvalue weighted by atomic mass is 9.89. The van der Waals surface area contributed by atoms with Gasteiger partial charge in [0.2, 0.25) is 10.0 Å². The third-order valence-corrected chi connectivity index (χ3v) is 6.89. The minimum absolute atomic E-state index is 0.0467. The van der Waals surface area contributed by atoms with Crippen LogP contribution in [0.15, 0.2) is 0 Å². The number of hydrogen-bond acceptors (Lipinski definition) is 3. The second-order valence-corrected chi connectivity index (χ2v) is 8.95. The summed E-state index contributed by atoms with van der Waals surface area (Å²) in [4.78, 5) is 0. The molecule has 4 nitrogen and oxygen atoms in total. The van der Waals surface area contributed by atoms with Gasteiger partial charge in [-0.05, 0) is 47.0 Å². The van der Waals surface area contributed by atoms with Crippen molar-refractivity contribution in [3.05, 3.63) is 0 Å². The standard InChI is InChI=1S/C12H23NO3S/c1-11(2,3)17(14,15)13-10-9(16-5)7-6-8-12(10,13)4/h9-10H,6-8H2,1-5H3/t9-,10?,12+,13?/m1/s1. The summed E-state index contributed by atoms with van der Waals surface area (Å²) < 4.78 is 31.4. The fourth-order valence-corrected chi connectivity index (χ4v) is 4.97. The topological polar surface area (TPSA) is 46.4 Å². The lowest BCUT2D eigenvalue weighted by molar-refractivity contribution is 0.0743. The largest absolute Gasteiger partial charge is 0.380 e. The quantitative estimate of drug-likeness (QED) is 0.712. The Balaban J connectivity index is 2.32. The SMILES string of the molecule is CO[C@@H]1CCC[C@@]2(C)C1N2S(=O)(=O)C(C)(C)C. The first-order valence-corrected chi connectivity index (χ1v) is 7.67. The van der Waals surface area contributed by atoms with Crippen LogP contribution in [0.3, 0.4) is 0 Å². The molecule has 0 aromatic rings. The van der Waals surface area contributed by atoms with Gasteiger partial charge < -0.3 is 4.74 Å². The van der Waals surface area contributed by atoms with E-state index in [4.69, 9.17) is 4.74 Å². The maximum absolute atomic E-state index is 12.5. The number of hydrogen-bond donors (Lipinski definition) is 0. The van der Waals surface area contributed by atoms with Crippen LogP contribution < -0.4 is 0 Å². The van der Waals surface area contributed by atoms with E-state index in [0.717, 1.165) is 19.3 Å². The van der Waals surface area contributed by atoms with Gasteiger partial charge in [0.15, 0.2) is 0 Å². The van der Waals surface area contributed by atoms with Gasteiger partial charge in [0.25, 0.3) is 0 Å². The van der Waals surface area contributed by atoms with Crippen LogP contribution in [0.4, 0.5) is 0 Å². The Hall–Kier alpha value is -0.130. The van der Waals surface area contributed by atoms with Crippen molar-refractivity contribution < 1.29 is 13.2 Å².